The van der Waals surface area contributed by atoms with Crippen LogP contribution in [0.1, 0.15) is 18.1 Å². The van der Waals surface area contributed by atoms with E-state index in [2.05, 4.69) is 5.32 Å². The number of hydrogen-bond acceptors (Lipinski definition) is 2. The fraction of sp³-hybridized carbons (Fsp3) is 0.263. The average molecular weight is 379 g/mol. The molecule has 0 aliphatic rings. The van der Waals surface area contributed by atoms with Gasteiger partial charge in [-0.3, -0.25) is 9.59 Å². The third-order valence-electron chi connectivity index (χ3n) is 4.00. The van der Waals surface area contributed by atoms with Crippen molar-refractivity contribution in [3.8, 4) is 0 Å². The number of likely N-dealkylation sites (N-methyl/N-ethyl adjacent to an activating group) is 1. The van der Waals surface area contributed by atoms with Gasteiger partial charge in [0.15, 0.2) is 0 Å². The van der Waals surface area contributed by atoms with E-state index in [0.717, 1.165) is 5.56 Å². The van der Waals surface area contributed by atoms with Crippen LogP contribution in [-0.4, -0.2) is 29.8 Å². The standard InChI is InChI=1S/C19H20Cl2N2O2/c1-13(19(25)22-2)23(12-14-7-4-3-5-8-14)18(24)11-15-16(20)9-6-10-17(15)21/h3-10,13H,11-12H2,1-2H3,(H,22,25). The summed E-state index contributed by atoms with van der Waals surface area (Å²) in [4.78, 5) is 26.5. The third-order valence-corrected chi connectivity index (χ3v) is 4.71. The molecule has 0 bridgehead atoms. The molecule has 0 saturated carbocycles. The van der Waals surface area contributed by atoms with Crippen molar-refractivity contribution in [2.75, 3.05) is 7.05 Å². The first-order valence-corrected chi connectivity index (χ1v) is 8.67. The molecule has 0 aliphatic heterocycles. The fourth-order valence-corrected chi connectivity index (χ4v) is 3.06. The minimum atomic E-state index is -0.612. The van der Waals surface area contributed by atoms with Gasteiger partial charge >= 0.3 is 0 Å². The van der Waals surface area contributed by atoms with Gasteiger partial charge in [-0.1, -0.05) is 59.6 Å². The zero-order chi connectivity index (χ0) is 18.4. The molecule has 2 amide bonds. The molecule has 2 aromatic rings. The van der Waals surface area contributed by atoms with E-state index in [4.69, 9.17) is 23.2 Å². The number of nitrogens with one attached hydrogen (secondary N) is 1. The highest BCUT2D eigenvalue weighted by molar-refractivity contribution is 6.36. The second kappa shape index (κ2) is 8.88. The maximum absolute atomic E-state index is 12.9. The highest BCUT2D eigenvalue weighted by Gasteiger charge is 2.26. The Morgan fingerprint density at radius 3 is 2.20 bits per heavy atom. The fourth-order valence-electron chi connectivity index (χ4n) is 2.53. The summed E-state index contributed by atoms with van der Waals surface area (Å²) >= 11 is 12.3. The van der Waals surface area contributed by atoms with E-state index in [1.807, 2.05) is 30.3 Å². The van der Waals surface area contributed by atoms with E-state index in [0.29, 0.717) is 22.2 Å². The maximum Gasteiger partial charge on any atom is 0.242 e. The lowest BCUT2D eigenvalue weighted by Gasteiger charge is -2.28. The summed E-state index contributed by atoms with van der Waals surface area (Å²) in [5.41, 5.74) is 1.51. The summed E-state index contributed by atoms with van der Waals surface area (Å²) < 4.78 is 0. The van der Waals surface area contributed by atoms with E-state index in [-0.39, 0.29) is 18.2 Å². The van der Waals surface area contributed by atoms with E-state index in [1.54, 1.807) is 32.2 Å². The molecule has 1 unspecified atom stereocenters. The maximum atomic E-state index is 12.9. The highest BCUT2D eigenvalue weighted by atomic mass is 35.5. The van der Waals surface area contributed by atoms with Crippen molar-refractivity contribution in [3.05, 3.63) is 69.7 Å². The molecule has 25 heavy (non-hydrogen) atoms. The molecule has 2 aromatic carbocycles. The molecule has 0 heterocycles. The van der Waals surface area contributed by atoms with Crippen LogP contribution in [0.3, 0.4) is 0 Å². The highest BCUT2D eigenvalue weighted by Crippen LogP contribution is 2.25. The van der Waals surface area contributed by atoms with Gasteiger partial charge in [0.1, 0.15) is 6.04 Å². The summed E-state index contributed by atoms with van der Waals surface area (Å²) in [6.07, 6.45) is 0.0344. The monoisotopic (exact) mass is 378 g/mol. The number of nitrogens with zero attached hydrogens (tertiary/aromatic N) is 1. The summed E-state index contributed by atoms with van der Waals surface area (Å²) in [5, 5.41) is 3.46. The lowest BCUT2D eigenvalue weighted by atomic mass is 10.1. The van der Waals surface area contributed by atoms with Gasteiger partial charge in [-0.05, 0) is 30.2 Å². The van der Waals surface area contributed by atoms with Crippen molar-refractivity contribution in [2.45, 2.75) is 25.9 Å². The van der Waals surface area contributed by atoms with Gasteiger partial charge in [0.05, 0.1) is 6.42 Å². The Morgan fingerprint density at radius 2 is 1.64 bits per heavy atom. The molecule has 0 aliphatic carbocycles. The van der Waals surface area contributed by atoms with Gasteiger partial charge in [0.25, 0.3) is 0 Å². The first-order chi connectivity index (χ1) is 11.9. The number of carbonyl (C=O) groups is 2. The Labute approximate surface area is 157 Å². The van der Waals surface area contributed by atoms with E-state index in [1.165, 1.54) is 4.90 Å². The molecule has 4 nitrogen and oxygen atoms in total. The number of amides is 2. The third kappa shape index (κ3) is 4.97. The van der Waals surface area contributed by atoms with Gasteiger partial charge in [0.2, 0.25) is 11.8 Å². The molecule has 6 heteroatoms. The van der Waals surface area contributed by atoms with Crippen LogP contribution in [0, 0.1) is 0 Å². The molecule has 132 valence electrons. The normalized spacial score (nSPS) is 11.7. The van der Waals surface area contributed by atoms with Crippen LogP contribution in [0.25, 0.3) is 0 Å². The van der Waals surface area contributed by atoms with Crippen LogP contribution < -0.4 is 5.32 Å². The predicted octanol–water partition coefficient (Wildman–Crippen LogP) is 3.70. The van der Waals surface area contributed by atoms with Crippen molar-refractivity contribution >= 4 is 35.0 Å². The minimum Gasteiger partial charge on any atom is -0.357 e. The summed E-state index contributed by atoms with van der Waals surface area (Å²) in [7, 11) is 1.55. The molecule has 0 fully saturated rings. The van der Waals surface area contributed by atoms with E-state index in [9.17, 15) is 9.59 Å². The van der Waals surface area contributed by atoms with E-state index < -0.39 is 6.04 Å². The van der Waals surface area contributed by atoms with Crippen molar-refractivity contribution in [3.63, 3.8) is 0 Å². The summed E-state index contributed by atoms with van der Waals surface area (Å²) in [5.74, 6) is -0.440. The molecule has 1 N–H and O–H groups in total. The summed E-state index contributed by atoms with van der Waals surface area (Å²) in [6.45, 7) is 2.03. The number of carbonyl (C=O) groups excluding carboxylic acids is 2. The second-order valence-electron chi connectivity index (χ2n) is 5.67. The number of hydrogen-bond donors (Lipinski definition) is 1. The van der Waals surface area contributed by atoms with Crippen LogP contribution in [0.15, 0.2) is 48.5 Å². The van der Waals surface area contributed by atoms with Crippen LogP contribution in [-0.2, 0) is 22.6 Å². The van der Waals surface area contributed by atoms with Crippen LogP contribution in [0.4, 0.5) is 0 Å². The lowest BCUT2D eigenvalue weighted by Crippen LogP contribution is -2.47. The van der Waals surface area contributed by atoms with Crippen LogP contribution >= 0.6 is 23.2 Å². The second-order valence-corrected chi connectivity index (χ2v) is 6.49. The molecule has 0 saturated heterocycles. The topological polar surface area (TPSA) is 49.4 Å². The Balaban J connectivity index is 2.27. The first kappa shape index (κ1) is 19.3. The lowest BCUT2D eigenvalue weighted by molar-refractivity contribution is -0.139. The van der Waals surface area contributed by atoms with Gasteiger partial charge in [-0.2, -0.15) is 0 Å². The van der Waals surface area contributed by atoms with Crippen molar-refractivity contribution in [1.82, 2.24) is 10.2 Å². The van der Waals surface area contributed by atoms with Crippen molar-refractivity contribution < 1.29 is 9.59 Å². The largest absolute Gasteiger partial charge is 0.357 e. The Morgan fingerprint density at radius 1 is 1.04 bits per heavy atom. The number of halogens is 2. The van der Waals surface area contributed by atoms with Gasteiger partial charge in [-0.15, -0.1) is 0 Å². The SMILES string of the molecule is CNC(=O)C(C)N(Cc1ccccc1)C(=O)Cc1c(Cl)cccc1Cl. The molecule has 2 rings (SSSR count). The van der Waals surface area contributed by atoms with E-state index >= 15 is 0 Å². The molecule has 0 aromatic heterocycles. The average Bonchev–Trinajstić information content (AvgIpc) is 2.62. The molecule has 0 spiro atoms. The Hall–Kier alpha value is -2.04. The Kier molecular flexibility index (Phi) is 6.85. The molecule has 1 atom stereocenters. The van der Waals surface area contributed by atoms with Crippen molar-refractivity contribution in [1.29, 1.82) is 0 Å². The summed E-state index contributed by atoms with van der Waals surface area (Å²) in [6, 6.07) is 14.0. The van der Waals surface area contributed by atoms with Gasteiger partial charge in [-0.25, -0.2) is 0 Å². The predicted molar refractivity (Wildman–Crippen MR) is 101 cm³/mol. The smallest absolute Gasteiger partial charge is 0.242 e. The Bertz CT molecular complexity index is 730. The van der Waals surface area contributed by atoms with Crippen LogP contribution in [0.5, 0.6) is 0 Å². The minimum absolute atomic E-state index is 0.0344. The van der Waals surface area contributed by atoms with Crippen LogP contribution in [0.2, 0.25) is 10.0 Å². The quantitative estimate of drug-likeness (QED) is 0.832. The van der Waals surface area contributed by atoms with Gasteiger partial charge < -0.3 is 10.2 Å². The zero-order valence-electron chi connectivity index (χ0n) is 14.1. The molecular formula is C19H20Cl2N2O2. The molecular weight excluding hydrogens is 359 g/mol. The van der Waals surface area contributed by atoms with Crippen molar-refractivity contribution in [2.24, 2.45) is 0 Å². The number of benzene rings is 2. The molecule has 0 radical (unpaired) electrons. The number of rotatable bonds is 6. The van der Waals surface area contributed by atoms with Gasteiger partial charge in [0, 0.05) is 23.6 Å². The zero-order valence-corrected chi connectivity index (χ0v) is 15.6. The first-order valence-electron chi connectivity index (χ1n) is 7.92.